The minimum atomic E-state index is 0.0597. The number of nitrogens with zero attached hydrogens (tertiary/aromatic N) is 1. The smallest absolute Gasteiger partial charge is 0.231 e. The van der Waals surface area contributed by atoms with Gasteiger partial charge < -0.3 is 15.0 Å². The van der Waals surface area contributed by atoms with Gasteiger partial charge in [0.1, 0.15) is 5.75 Å². The van der Waals surface area contributed by atoms with Crippen molar-refractivity contribution in [1.82, 2.24) is 0 Å². The molecular formula is C22H24N2O3. The summed E-state index contributed by atoms with van der Waals surface area (Å²) in [6, 6.07) is 13.5. The Labute approximate surface area is 159 Å². The second-order valence-corrected chi connectivity index (χ2v) is 7.28. The van der Waals surface area contributed by atoms with Crippen molar-refractivity contribution in [2.24, 2.45) is 5.92 Å². The molecule has 1 heterocycles. The van der Waals surface area contributed by atoms with Crippen molar-refractivity contribution in [3.63, 3.8) is 0 Å². The molecule has 0 unspecified atom stereocenters. The van der Waals surface area contributed by atoms with E-state index < -0.39 is 0 Å². The second-order valence-electron chi connectivity index (χ2n) is 7.28. The number of carbonyl (C=O) groups excluding carboxylic acids is 2. The second kappa shape index (κ2) is 7.43. The lowest BCUT2D eigenvalue weighted by atomic mass is 9.85. The summed E-state index contributed by atoms with van der Waals surface area (Å²) in [4.78, 5) is 26.9. The molecule has 2 aliphatic rings. The van der Waals surface area contributed by atoms with E-state index in [-0.39, 0.29) is 17.7 Å². The summed E-state index contributed by atoms with van der Waals surface area (Å²) in [6.45, 7) is 0.679. The first-order chi connectivity index (χ1) is 13.1. The Hall–Kier alpha value is -2.82. The third kappa shape index (κ3) is 3.68. The van der Waals surface area contributed by atoms with Crippen LogP contribution in [0, 0.1) is 5.92 Å². The molecule has 5 heteroatoms. The van der Waals surface area contributed by atoms with E-state index in [1.165, 1.54) is 0 Å². The Bertz CT molecular complexity index is 874. The summed E-state index contributed by atoms with van der Waals surface area (Å²) in [5.41, 5.74) is 3.76. The van der Waals surface area contributed by atoms with Crippen LogP contribution in [-0.2, 0) is 22.4 Å². The molecule has 4 rings (SSSR count). The van der Waals surface area contributed by atoms with Crippen LogP contribution in [0.3, 0.4) is 0 Å². The SMILES string of the molecule is COc1cccc(CC(=O)N2CCc3ccc(NC(=O)C4CCC4)cc32)c1. The average molecular weight is 364 g/mol. The first kappa shape index (κ1) is 17.6. The molecule has 2 amide bonds. The lowest BCUT2D eigenvalue weighted by molar-refractivity contribution is -0.122. The van der Waals surface area contributed by atoms with Crippen LogP contribution in [0.1, 0.15) is 30.4 Å². The fraction of sp³-hybridized carbons (Fsp3) is 0.364. The topological polar surface area (TPSA) is 58.6 Å². The molecule has 0 atom stereocenters. The fourth-order valence-corrected chi connectivity index (χ4v) is 3.68. The van der Waals surface area contributed by atoms with E-state index >= 15 is 0 Å². The quantitative estimate of drug-likeness (QED) is 0.882. The summed E-state index contributed by atoms with van der Waals surface area (Å²) in [5.74, 6) is 1.05. The molecule has 140 valence electrons. The van der Waals surface area contributed by atoms with Gasteiger partial charge in [-0.25, -0.2) is 0 Å². The molecule has 0 saturated heterocycles. The van der Waals surface area contributed by atoms with Crippen LogP contribution < -0.4 is 15.0 Å². The van der Waals surface area contributed by atoms with Crippen molar-refractivity contribution in [3.05, 3.63) is 53.6 Å². The predicted molar refractivity (Wildman–Crippen MR) is 105 cm³/mol. The monoisotopic (exact) mass is 364 g/mol. The normalized spacial score (nSPS) is 15.8. The minimum absolute atomic E-state index is 0.0597. The van der Waals surface area contributed by atoms with E-state index in [1.807, 2.05) is 47.4 Å². The van der Waals surface area contributed by atoms with E-state index in [0.29, 0.717) is 13.0 Å². The van der Waals surface area contributed by atoms with Gasteiger partial charge in [0.25, 0.3) is 0 Å². The Balaban J connectivity index is 1.48. The molecule has 5 nitrogen and oxygen atoms in total. The number of rotatable bonds is 5. The van der Waals surface area contributed by atoms with E-state index in [0.717, 1.165) is 53.9 Å². The van der Waals surface area contributed by atoms with Gasteiger partial charge in [0.05, 0.1) is 13.5 Å². The number of ether oxygens (including phenoxy) is 1. The van der Waals surface area contributed by atoms with Gasteiger partial charge in [-0.1, -0.05) is 24.6 Å². The number of methoxy groups -OCH3 is 1. The minimum Gasteiger partial charge on any atom is -0.497 e. The maximum atomic E-state index is 12.9. The molecule has 1 aliphatic carbocycles. The summed E-state index contributed by atoms with van der Waals surface area (Å²) < 4.78 is 5.24. The number of carbonyl (C=O) groups is 2. The molecule has 1 saturated carbocycles. The van der Waals surface area contributed by atoms with Crippen molar-refractivity contribution in [2.75, 3.05) is 23.9 Å². The number of amides is 2. The van der Waals surface area contributed by atoms with Crippen molar-refractivity contribution in [1.29, 1.82) is 0 Å². The third-order valence-corrected chi connectivity index (χ3v) is 5.51. The number of hydrogen-bond donors (Lipinski definition) is 1. The highest BCUT2D eigenvalue weighted by Gasteiger charge is 2.27. The van der Waals surface area contributed by atoms with E-state index in [2.05, 4.69) is 5.32 Å². The molecule has 1 fully saturated rings. The van der Waals surface area contributed by atoms with Gasteiger partial charge in [-0.3, -0.25) is 9.59 Å². The van der Waals surface area contributed by atoms with Gasteiger partial charge in [-0.15, -0.1) is 0 Å². The van der Waals surface area contributed by atoms with E-state index in [4.69, 9.17) is 4.74 Å². The first-order valence-corrected chi connectivity index (χ1v) is 9.51. The van der Waals surface area contributed by atoms with Crippen molar-refractivity contribution >= 4 is 23.2 Å². The van der Waals surface area contributed by atoms with Crippen molar-refractivity contribution in [2.45, 2.75) is 32.1 Å². The Morgan fingerprint density at radius 1 is 1.19 bits per heavy atom. The summed E-state index contributed by atoms with van der Waals surface area (Å²) in [7, 11) is 1.62. The highest BCUT2D eigenvalue weighted by atomic mass is 16.5. The molecule has 1 aliphatic heterocycles. The van der Waals surface area contributed by atoms with Crippen LogP contribution in [0.2, 0.25) is 0 Å². The van der Waals surface area contributed by atoms with Gasteiger partial charge >= 0.3 is 0 Å². The molecule has 2 aromatic rings. The van der Waals surface area contributed by atoms with E-state index in [1.54, 1.807) is 7.11 Å². The lowest BCUT2D eigenvalue weighted by Crippen LogP contribution is -2.30. The zero-order valence-electron chi connectivity index (χ0n) is 15.5. The standard InChI is InChI=1S/C22H24N2O3/c1-27-19-7-2-4-15(12-19)13-21(25)24-11-10-16-8-9-18(14-20(16)24)23-22(26)17-5-3-6-17/h2,4,7-9,12,14,17H,3,5-6,10-11,13H2,1H3,(H,23,26). The molecule has 0 bridgehead atoms. The predicted octanol–water partition coefficient (Wildman–Crippen LogP) is 3.57. The van der Waals surface area contributed by atoms with Gasteiger partial charge in [0.2, 0.25) is 11.8 Å². The highest BCUT2D eigenvalue weighted by Crippen LogP contribution is 2.33. The average Bonchev–Trinajstić information content (AvgIpc) is 3.03. The molecule has 2 aromatic carbocycles. The summed E-state index contributed by atoms with van der Waals surface area (Å²) >= 11 is 0. The Kier molecular flexibility index (Phi) is 4.84. The largest absolute Gasteiger partial charge is 0.497 e. The van der Waals surface area contributed by atoms with Gasteiger partial charge in [0.15, 0.2) is 0 Å². The van der Waals surface area contributed by atoms with Crippen LogP contribution >= 0.6 is 0 Å². The molecule has 1 N–H and O–H groups in total. The van der Waals surface area contributed by atoms with Gasteiger partial charge in [0, 0.05) is 23.8 Å². The van der Waals surface area contributed by atoms with Crippen LogP contribution in [0.4, 0.5) is 11.4 Å². The van der Waals surface area contributed by atoms with Crippen LogP contribution in [0.25, 0.3) is 0 Å². The van der Waals surface area contributed by atoms with E-state index in [9.17, 15) is 9.59 Å². The molecule has 0 radical (unpaired) electrons. The summed E-state index contributed by atoms with van der Waals surface area (Å²) in [5, 5.41) is 3.00. The third-order valence-electron chi connectivity index (χ3n) is 5.51. The maximum Gasteiger partial charge on any atom is 0.231 e. The van der Waals surface area contributed by atoms with Crippen LogP contribution in [-0.4, -0.2) is 25.5 Å². The van der Waals surface area contributed by atoms with Gasteiger partial charge in [-0.2, -0.15) is 0 Å². The Morgan fingerprint density at radius 2 is 2.04 bits per heavy atom. The van der Waals surface area contributed by atoms with Gasteiger partial charge in [-0.05, 0) is 54.7 Å². The highest BCUT2D eigenvalue weighted by molar-refractivity contribution is 5.99. The first-order valence-electron chi connectivity index (χ1n) is 9.51. The number of anilines is 2. The van der Waals surface area contributed by atoms with Crippen molar-refractivity contribution < 1.29 is 14.3 Å². The number of benzene rings is 2. The molecule has 27 heavy (non-hydrogen) atoms. The van der Waals surface area contributed by atoms with Crippen molar-refractivity contribution in [3.8, 4) is 5.75 Å². The lowest BCUT2D eigenvalue weighted by Gasteiger charge is -2.24. The summed E-state index contributed by atoms with van der Waals surface area (Å²) in [6.07, 6.45) is 4.25. The molecule has 0 spiro atoms. The molecular weight excluding hydrogens is 340 g/mol. The number of hydrogen-bond acceptors (Lipinski definition) is 3. The maximum absolute atomic E-state index is 12.9. The fourth-order valence-electron chi connectivity index (χ4n) is 3.68. The van der Waals surface area contributed by atoms with Crippen LogP contribution in [0.5, 0.6) is 5.75 Å². The Morgan fingerprint density at radius 3 is 2.78 bits per heavy atom. The molecule has 0 aromatic heterocycles. The number of nitrogens with one attached hydrogen (secondary N) is 1. The van der Waals surface area contributed by atoms with Crippen LogP contribution in [0.15, 0.2) is 42.5 Å². The zero-order valence-corrected chi connectivity index (χ0v) is 15.5. The number of fused-ring (bicyclic) bond motifs is 1. The zero-order chi connectivity index (χ0) is 18.8.